The number of para-hydroxylation sites is 1. The number of nitrogens with zero attached hydrogens (tertiary/aromatic N) is 2. The third-order valence-corrected chi connectivity index (χ3v) is 2.58. The molecule has 2 rings (SSSR count). The molecule has 0 unspecified atom stereocenters. The van der Waals surface area contributed by atoms with E-state index in [1.165, 1.54) is 18.6 Å². The normalized spacial score (nSPS) is 10.4. The van der Waals surface area contributed by atoms with Crippen LogP contribution in [0.25, 0.3) is 0 Å². The molecule has 0 saturated heterocycles. The van der Waals surface area contributed by atoms with E-state index in [0.717, 1.165) is 0 Å². The van der Waals surface area contributed by atoms with Gasteiger partial charge in [-0.25, -0.2) is 10.2 Å². The number of hydrogen-bond donors (Lipinski definition) is 2. The van der Waals surface area contributed by atoms with Crippen LogP contribution in [0.15, 0.2) is 53.9 Å². The van der Waals surface area contributed by atoms with Crippen LogP contribution in [0.2, 0.25) is 0 Å². The van der Waals surface area contributed by atoms with Gasteiger partial charge in [-0.1, -0.05) is 12.1 Å². The van der Waals surface area contributed by atoms with E-state index in [1.807, 2.05) is 0 Å². The predicted octanol–water partition coefficient (Wildman–Crippen LogP) is 1.31. The number of ether oxygens (including phenoxy) is 1. The van der Waals surface area contributed by atoms with Gasteiger partial charge >= 0.3 is 5.97 Å². The van der Waals surface area contributed by atoms with E-state index in [0.29, 0.717) is 16.9 Å². The first-order valence-electron chi connectivity index (χ1n) is 6.34. The Labute approximate surface area is 126 Å². The van der Waals surface area contributed by atoms with Gasteiger partial charge < -0.3 is 9.84 Å². The molecule has 2 aromatic rings. The second-order valence-corrected chi connectivity index (χ2v) is 4.16. The van der Waals surface area contributed by atoms with E-state index in [9.17, 15) is 9.59 Å². The fourth-order valence-corrected chi connectivity index (χ4v) is 1.59. The molecule has 0 saturated carbocycles. The number of pyridine rings is 1. The minimum atomic E-state index is -1.07. The standard InChI is InChI=1S/C15H13N3O4/c19-14(20)10-22-13-4-2-1-3-12(13)9-17-18-15(21)11-5-7-16-8-6-11/h1-9H,10H2,(H,18,21)(H,19,20)/b17-9+. The SMILES string of the molecule is O=C(O)COc1ccccc1/C=N/NC(=O)c1ccncc1. The zero-order valence-electron chi connectivity index (χ0n) is 11.5. The molecule has 0 aliphatic carbocycles. The lowest BCUT2D eigenvalue weighted by atomic mass is 10.2. The highest BCUT2D eigenvalue weighted by Gasteiger charge is 2.05. The van der Waals surface area contributed by atoms with E-state index in [4.69, 9.17) is 9.84 Å². The number of hydrazone groups is 1. The summed E-state index contributed by atoms with van der Waals surface area (Å²) in [5.74, 6) is -1.08. The average molecular weight is 299 g/mol. The Bertz CT molecular complexity index is 686. The summed E-state index contributed by atoms with van der Waals surface area (Å²) < 4.78 is 5.13. The van der Waals surface area contributed by atoms with Crippen molar-refractivity contribution in [2.75, 3.05) is 6.61 Å². The number of benzene rings is 1. The van der Waals surface area contributed by atoms with E-state index >= 15 is 0 Å². The van der Waals surface area contributed by atoms with Crippen molar-refractivity contribution in [3.63, 3.8) is 0 Å². The number of carbonyl (C=O) groups is 2. The van der Waals surface area contributed by atoms with Crippen molar-refractivity contribution < 1.29 is 19.4 Å². The molecule has 1 amide bonds. The van der Waals surface area contributed by atoms with Crippen LogP contribution < -0.4 is 10.2 Å². The first-order valence-corrected chi connectivity index (χ1v) is 6.34. The fourth-order valence-electron chi connectivity index (χ4n) is 1.59. The van der Waals surface area contributed by atoms with Gasteiger partial charge in [-0.3, -0.25) is 9.78 Å². The smallest absolute Gasteiger partial charge is 0.341 e. The maximum Gasteiger partial charge on any atom is 0.341 e. The van der Waals surface area contributed by atoms with Gasteiger partial charge in [0.25, 0.3) is 5.91 Å². The molecular weight excluding hydrogens is 286 g/mol. The molecule has 0 spiro atoms. The second kappa shape index (κ2) is 7.53. The van der Waals surface area contributed by atoms with E-state index in [-0.39, 0.29) is 5.91 Å². The Balaban J connectivity index is 2.01. The van der Waals surface area contributed by atoms with Crippen LogP contribution in [0.3, 0.4) is 0 Å². The summed E-state index contributed by atoms with van der Waals surface area (Å²) in [5, 5.41) is 12.5. The summed E-state index contributed by atoms with van der Waals surface area (Å²) in [7, 11) is 0. The molecule has 22 heavy (non-hydrogen) atoms. The highest BCUT2D eigenvalue weighted by molar-refractivity contribution is 5.94. The van der Waals surface area contributed by atoms with Gasteiger partial charge in [0.05, 0.1) is 6.21 Å². The van der Waals surface area contributed by atoms with Crippen LogP contribution in [-0.2, 0) is 4.79 Å². The summed E-state index contributed by atoms with van der Waals surface area (Å²) in [6, 6.07) is 9.90. The first kappa shape index (κ1) is 15.2. The zero-order chi connectivity index (χ0) is 15.8. The van der Waals surface area contributed by atoms with Crippen LogP contribution in [0.1, 0.15) is 15.9 Å². The number of aliphatic carboxylic acids is 1. The van der Waals surface area contributed by atoms with Crippen molar-refractivity contribution in [2.45, 2.75) is 0 Å². The minimum absolute atomic E-state index is 0.367. The Morgan fingerprint density at radius 1 is 1.23 bits per heavy atom. The highest BCUT2D eigenvalue weighted by atomic mass is 16.5. The Kier molecular flexibility index (Phi) is 5.20. The van der Waals surface area contributed by atoms with Crippen LogP contribution in [-0.4, -0.2) is 34.8 Å². The quantitative estimate of drug-likeness (QED) is 0.618. The zero-order valence-corrected chi connectivity index (χ0v) is 11.5. The fraction of sp³-hybridized carbons (Fsp3) is 0.0667. The van der Waals surface area contributed by atoms with E-state index in [1.54, 1.807) is 36.4 Å². The number of carboxylic acid groups (broad SMARTS) is 1. The van der Waals surface area contributed by atoms with E-state index in [2.05, 4.69) is 15.5 Å². The number of rotatable bonds is 6. The summed E-state index contributed by atoms with van der Waals surface area (Å²) in [5.41, 5.74) is 3.36. The molecule has 112 valence electrons. The number of hydrogen-bond acceptors (Lipinski definition) is 5. The van der Waals surface area contributed by atoms with E-state index < -0.39 is 12.6 Å². The molecule has 0 bridgehead atoms. The molecular formula is C15H13N3O4. The third-order valence-electron chi connectivity index (χ3n) is 2.58. The van der Waals surface area contributed by atoms with Crippen molar-refractivity contribution >= 4 is 18.1 Å². The molecule has 0 aliphatic heterocycles. The van der Waals surface area contributed by atoms with Crippen LogP contribution >= 0.6 is 0 Å². The van der Waals surface area contributed by atoms with Crippen molar-refractivity contribution in [1.82, 2.24) is 10.4 Å². The molecule has 2 N–H and O–H groups in total. The van der Waals surface area contributed by atoms with Gasteiger partial charge in [-0.05, 0) is 24.3 Å². The predicted molar refractivity (Wildman–Crippen MR) is 78.9 cm³/mol. The topological polar surface area (TPSA) is 101 Å². The van der Waals surface area contributed by atoms with Gasteiger partial charge in [-0.2, -0.15) is 5.10 Å². The van der Waals surface area contributed by atoms with Gasteiger partial charge in [0.2, 0.25) is 0 Å². The number of carboxylic acids is 1. The number of carbonyl (C=O) groups excluding carboxylic acids is 1. The molecule has 7 nitrogen and oxygen atoms in total. The van der Waals surface area contributed by atoms with Crippen molar-refractivity contribution in [3.8, 4) is 5.75 Å². The minimum Gasteiger partial charge on any atom is -0.481 e. The maximum atomic E-state index is 11.8. The molecule has 0 radical (unpaired) electrons. The lowest BCUT2D eigenvalue weighted by Crippen LogP contribution is -2.17. The Morgan fingerprint density at radius 3 is 2.68 bits per heavy atom. The van der Waals surface area contributed by atoms with Crippen molar-refractivity contribution in [3.05, 3.63) is 59.9 Å². The van der Waals surface area contributed by atoms with Gasteiger partial charge in [-0.15, -0.1) is 0 Å². The number of amides is 1. The highest BCUT2D eigenvalue weighted by Crippen LogP contribution is 2.15. The molecule has 0 atom stereocenters. The molecule has 1 aromatic heterocycles. The number of aromatic nitrogens is 1. The van der Waals surface area contributed by atoms with Crippen molar-refractivity contribution in [2.24, 2.45) is 5.10 Å². The van der Waals surface area contributed by atoms with Crippen LogP contribution in [0, 0.1) is 0 Å². The Morgan fingerprint density at radius 2 is 1.95 bits per heavy atom. The van der Waals surface area contributed by atoms with Gasteiger partial charge in [0, 0.05) is 23.5 Å². The summed E-state index contributed by atoms with van der Waals surface area (Å²) in [4.78, 5) is 26.1. The summed E-state index contributed by atoms with van der Waals surface area (Å²) in [6.45, 7) is -0.450. The molecule has 0 aliphatic rings. The molecule has 1 heterocycles. The first-order chi connectivity index (χ1) is 10.7. The second-order valence-electron chi connectivity index (χ2n) is 4.16. The lowest BCUT2D eigenvalue weighted by molar-refractivity contribution is -0.139. The lowest BCUT2D eigenvalue weighted by Gasteiger charge is -2.06. The molecule has 0 fully saturated rings. The monoisotopic (exact) mass is 299 g/mol. The third kappa shape index (κ3) is 4.41. The number of nitrogens with one attached hydrogen (secondary N) is 1. The van der Waals surface area contributed by atoms with Crippen LogP contribution in [0.5, 0.6) is 5.75 Å². The van der Waals surface area contributed by atoms with Gasteiger partial charge in [0.15, 0.2) is 6.61 Å². The van der Waals surface area contributed by atoms with Crippen molar-refractivity contribution in [1.29, 1.82) is 0 Å². The maximum absolute atomic E-state index is 11.8. The molecule has 7 heteroatoms. The molecule has 1 aromatic carbocycles. The van der Waals surface area contributed by atoms with Crippen LogP contribution in [0.4, 0.5) is 0 Å². The summed E-state index contributed by atoms with van der Waals surface area (Å²) >= 11 is 0. The average Bonchev–Trinajstić information content (AvgIpc) is 2.54. The Hall–Kier alpha value is -3.22. The largest absolute Gasteiger partial charge is 0.481 e. The van der Waals surface area contributed by atoms with Gasteiger partial charge in [0.1, 0.15) is 5.75 Å². The summed E-state index contributed by atoms with van der Waals surface area (Å²) in [6.07, 6.45) is 4.40.